The molecule has 1 aliphatic carbocycles. The molecule has 1 heterocycles. The van der Waals surface area contributed by atoms with Crippen LogP contribution in [0.5, 0.6) is 5.75 Å². The van der Waals surface area contributed by atoms with Gasteiger partial charge in [-0.2, -0.15) is 5.10 Å². The molecule has 13 heavy (non-hydrogen) atoms. The lowest BCUT2D eigenvalue weighted by atomic mass is 10.3. The van der Waals surface area contributed by atoms with Crippen LogP contribution in [0.1, 0.15) is 32.6 Å². The van der Waals surface area contributed by atoms with E-state index < -0.39 is 0 Å². The average Bonchev–Trinajstić information content (AvgIpc) is 2.76. The van der Waals surface area contributed by atoms with Crippen LogP contribution >= 0.6 is 0 Å². The minimum absolute atomic E-state index is 0.439. The molecule has 0 amide bonds. The van der Waals surface area contributed by atoms with Gasteiger partial charge in [-0.3, -0.25) is 4.68 Å². The highest BCUT2D eigenvalue weighted by Crippen LogP contribution is 2.23. The highest BCUT2D eigenvalue weighted by atomic mass is 16.5. The summed E-state index contributed by atoms with van der Waals surface area (Å²) in [6.45, 7) is 2.99. The Morgan fingerprint density at radius 2 is 2.31 bits per heavy atom. The molecule has 2 rings (SSSR count). The van der Waals surface area contributed by atoms with Crippen molar-refractivity contribution >= 4 is 0 Å². The molecule has 0 radical (unpaired) electrons. The molecule has 0 aliphatic heterocycles. The Balaban J connectivity index is 1.92. The Morgan fingerprint density at radius 3 is 2.92 bits per heavy atom. The zero-order valence-electron chi connectivity index (χ0n) is 8.07. The van der Waals surface area contributed by atoms with Crippen molar-refractivity contribution in [1.82, 2.24) is 9.78 Å². The fraction of sp³-hybridized carbons (Fsp3) is 0.700. The van der Waals surface area contributed by atoms with Gasteiger partial charge in [-0.25, -0.2) is 0 Å². The second kappa shape index (κ2) is 3.81. The van der Waals surface area contributed by atoms with E-state index in [1.807, 2.05) is 17.1 Å². The smallest absolute Gasteiger partial charge is 0.157 e. The van der Waals surface area contributed by atoms with Crippen molar-refractivity contribution in [2.24, 2.45) is 0 Å². The summed E-state index contributed by atoms with van der Waals surface area (Å²) in [5, 5.41) is 4.17. The fourth-order valence-corrected chi connectivity index (χ4v) is 1.78. The van der Waals surface area contributed by atoms with Crippen LogP contribution in [0, 0.1) is 0 Å². The van der Waals surface area contributed by atoms with E-state index in [1.165, 1.54) is 25.7 Å². The molecule has 72 valence electrons. The van der Waals surface area contributed by atoms with Crippen LogP contribution < -0.4 is 4.74 Å². The van der Waals surface area contributed by atoms with E-state index in [-0.39, 0.29) is 0 Å². The van der Waals surface area contributed by atoms with E-state index in [0.717, 1.165) is 12.3 Å². The summed E-state index contributed by atoms with van der Waals surface area (Å²) in [6, 6.07) is 0. The predicted octanol–water partition coefficient (Wildman–Crippen LogP) is 2.22. The first-order chi connectivity index (χ1) is 6.38. The molecule has 1 fully saturated rings. The molecule has 0 spiro atoms. The molecule has 0 bridgehead atoms. The molecular weight excluding hydrogens is 164 g/mol. The van der Waals surface area contributed by atoms with E-state index in [2.05, 4.69) is 12.0 Å². The van der Waals surface area contributed by atoms with Gasteiger partial charge in [0.2, 0.25) is 0 Å². The van der Waals surface area contributed by atoms with Crippen molar-refractivity contribution in [2.75, 3.05) is 0 Å². The molecule has 1 aromatic heterocycles. The van der Waals surface area contributed by atoms with Gasteiger partial charge in [-0.15, -0.1) is 0 Å². The van der Waals surface area contributed by atoms with E-state index >= 15 is 0 Å². The molecule has 1 aromatic rings. The van der Waals surface area contributed by atoms with Crippen LogP contribution in [0.4, 0.5) is 0 Å². The van der Waals surface area contributed by atoms with E-state index in [4.69, 9.17) is 4.74 Å². The second-order valence-electron chi connectivity index (χ2n) is 3.56. The molecule has 1 saturated carbocycles. The topological polar surface area (TPSA) is 27.1 Å². The average molecular weight is 180 g/mol. The molecular formula is C10H16N2O. The Hall–Kier alpha value is -0.990. The SMILES string of the molecule is CCn1cc(OC2CCCC2)cn1. The third-order valence-electron chi connectivity index (χ3n) is 2.54. The number of nitrogens with zero attached hydrogens (tertiary/aromatic N) is 2. The van der Waals surface area contributed by atoms with Gasteiger partial charge in [0.1, 0.15) is 0 Å². The number of ether oxygens (including phenoxy) is 1. The largest absolute Gasteiger partial charge is 0.487 e. The first-order valence-electron chi connectivity index (χ1n) is 5.07. The van der Waals surface area contributed by atoms with Crippen molar-refractivity contribution < 1.29 is 4.74 Å². The molecule has 0 saturated heterocycles. The summed E-state index contributed by atoms with van der Waals surface area (Å²) in [6.07, 6.45) is 9.25. The number of aromatic nitrogens is 2. The fourth-order valence-electron chi connectivity index (χ4n) is 1.78. The van der Waals surface area contributed by atoms with Crippen molar-refractivity contribution in [3.05, 3.63) is 12.4 Å². The maximum atomic E-state index is 5.77. The first kappa shape index (κ1) is 8.60. The number of hydrogen-bond acceptors (Lipinski definition) is 2. The normalized spacial score (nSPS) is 17.9. The Labute approximate surface area is 78.7 Å². The third kappa shape index (κ3) is 2.02. The van der Waals surface area contributed by atoms with Gasteiger partial charge in [0.15, 0.2) is 5.75 Å². The van der Waals surface area contributed by atoms with E-state index in [1.54, 1.807) is 0 Å². The second-order valence-corrected chi connectivity index (χ2v) is 3.56. The van der Waals surface area contributed by atoms with Gasteiger partial charge in [0.25, 0.3) is 0 Å². The summed E-state index contributed by atoms with van der Waals surface area (Å²) < 4.78 is 7.67. The van der Waals surface area contributed by atoms with Gasteiger partial charge in [0, 0.05) is 6.54 Å². The van der Waals surface area contributed by atoms with Gasteiger partial charge < -0.3 is 4.74 Å². The molecule has 3 heteroatoms. The van der Waals surface area contributed by atoms with Crippen LogP contribution in [-0.4, -0.2) is 15.9 Å². The maximum Gasteiger partial charge on any atom is 0.157 e. The molecule has 0 N–H and O–H groups in total. The van der Waals surface area contributed by atoms with Gasteiger partial charge >= 0.3 is 0 Å². The summed E-state index contributed by atoms with van der Waals surface area (Å²) in [4.78, 5) is 0. The zero-order chi connectivity index (χ0) is 9.10. The minimum atomic E-state index is 0.439. The highest BCUT2D eigenvalue weighted by Gasteiger charge is 2.16. The van der Waals surface area contributed by atoms with E-state index in [0.29, 0.717) is 6.10 Å². The van der Waals surface area contributed by atoms with Gasteiger partial charge in [-0.1, -0.05) is 0 Å². The molecule has 0 aromatic carbocycles. The summed E-state index contributed by atoms with van der Waals surface area (Å²) in [5.74, 6) is 0.925. The quantitative estimate of drug-likeness (QED) is 0.713. The summed E-state index contributed by atoms with van der Waals surface area (Å²) in [7, 11) is 0. The standard InChI is InChI=1S/C10H16N2O/c1-2-12-8-10(7-11-12)13-9-5-3-4-6-9/h7-9H,2-6H2,1H3. The lowest BCUT2D eigenvalue weighted by Gasteiger charge is -2.09. The Bertz CT molecular complexity index is 264. The first-order valence-corrected chi connectivity index (χ1v) is 5.07. The van der Waals surface area contributed by atoms with Crippen molar-refractivity contribution in [3.8, 4) is 5.75 Å². The van der Waals surface area contributed by atoms with E-state index in [9.17, 15) is 0 Å². The molecule has 3 nitrogen and oxygen atoms in total. The molecule has 1 aliphatic rings. The van der Waals surface area contributed by atoms with Crippen LogP contribution in [0.2, 0.25) is 0 Å². The number of hydrogen-bond donors (Lipinski definition) is 0. The lowest BCUT2D eigenvalue weighted by molar-refractivity contribution is 0.210. The van der Waals surface area contributed by atoms with Crippen molar-refractivity contribution in [2.45, 2.75) is 45.3 Å². The minimum Gasteiger partial charge on any atom is -0.487 e. The summed E-state index contributed by atoms with van der Waals surface area (Å²) >= 11 is 0. The van der Waals surface area contributed by atoms with Crippen LogP contribution in [0.3, 0.4) is 0 Å². The van der Waals surface area contributed by atoms with Gasteiger partial charge in [-0.05, 0) is 32.6 Å². The molecule has 0 unspecified atom stereocenters. The number of rotatable bonds is 3. The third-order valence-corrected chi connectivity index (χ3v) is 2.54. The monoisotopic (exact) mass is 180 g/mol. The Morgan fingerprint density at radius 1 is 1.54 bits per heavy atom. The van der Waals surface area contributed by atoms with Crippen LogP contribution in [-0.2, 0) is 6.54 Å². The maximum absolute atomic E-state index is 5.77. The van der Waals surface area contributed by atoms with Gasteiger partial charge in [0.05, 0.1) is 18.5 Å². The Kier molecular flexibility index (Phi) is 2.52. The zero-order valence-corrected chi connectivity index (χ0v) is 8.07. The highest BCUT2D eigenvalue weighted by molar-refractivity contribution is 5.12. The molecule has 0 atom stereocenters. The predicted molar refractivity (Wildman–Crippen MR) is 50.8 cm³/mol. The van der Waals surface area contributed by atoms with Crippen LogP contribution in [0.15, 0.2) is 12.4 Å². The van der Waals surface area contributed by atoms with Crippen molar-refractivity contribution in [3.63, 3.8) is 0 Å². The number of aryl methyl sites for hydroxylation is 1. The van der Waals surface area contributed by atoms with Crippen LogP contribution in [0.25, 0.3) is 0 Å². The summed E-state index contributed by atoms with van der Waals surface area (Å²) in [5.41, 5.74) is 0. The van der Waals surface area contributed by atoms with Crippen molar-refractivity contribution in [1.29, 1.82) is 0 Å². The lowest BCUT2D eigenvalue weighted by Crippen LogP contribution is -2.10.